The first kappa shape index (κ1) is 16.3. The van der Waals surface area contributed by atoms with E-state index in [9.17, 15) is 0 Å². The summed E-state index contributed by atoms with van der Waals surface area (Å²) in [6, 6.07) is 1.92. The second-order valence-corrected chi connectivity index (χ2v) is 6.13. The Hall–Kier alpha value is -0.800. The van der Waals surface area contributed by atoms with Gasteiger partial charge in [0, 0.05) is 12.7 Å². The summed E-state index contributed by atoms with van der Waals surface area (Å²) in [7, 11) is 0. The molecular weight excluding hydrogens is 260 g/mol. The maximum absolute atomic E-state index is 6.20. The number of nitrogens with zero attached hydrogens (tertiary/aromatic N) is 1. The van der Waals surface area contributed by atoms with Gasteiger partial charge in [-0.15, -0.1) is 0 Å². The highest BCUT2D eigenvalue weighted by Gasteiger charge is 2.12. The molecule has 0 aliphatic heterocycles. The van der Waals surface area contributed by atoms with Gasteiger partial charge in [-0.1, -0.05) is 39.3 Å². The van der Waals surface area contributed by atoms with E-state index in [0.717, 1.165) is 18.7 Å². The summed E-state index contributed by atoms with van der Waals surface area (Å²) >= 11 is 6.20. The summed E-state index contributed by atoms with van der Waals surface area (Å²) < 4.78 is 5.74. The third-order valence-corrected chi connectivity index (χ3v) is 3.25. The first-order valence-electron chi connectivity index (χ1n) is 6.92. The molecule has 0 saturated heterocycles. The normalized spacial score (nSPS) is 13.1. The van der Waals surface area contributed by atoms with Gasteiger partial charge in [0.15, 0.2) is 0 Å². The van der Waals surface area contributed by atoms with Crippen molar-refractivity contribution in [2.24, 2.45) is 11.8 Å². The van der Waals surface area contributed by atoms with Crippen LogP contribution in [0.3, 0.4) is 0 Å². The lowest BCUT2D eigenvalue weighted by Gasteiger charge is -2.18. The number of hydrogen-bond donors (Lipinski definition) is 1. The topological polar surface area (TPSA) is 34.2 Å². The molecule has 3 nitrogen and oxygen atoms in total. The molecule has 1 aromatic heterocycles. The van der Waals surface area contributed by atoms with Crippen LogP contribution in [0.25, 0.3) is 0 Å². The highest BCUT2D eigenvalue weighted by molar-refractivity contribution is 6.31. The summed E-state index contributed by atoms with van der Waals surface area (Å²) in [5.74, 6) is 1.60. The fourth-order valence-electron chi connectivity index (χ4n) is 1.47. The number of pyridine rings is 1. The third-order valence-electron chi connectivity index (χ3n) is 2.98. The van der Waals surface area contributed by atoms with Crippen molar-refractivity contribution in [2.75, 3.05) is 6.54 Å². The van der Waals surface area contributed by atoms with Crippen molar-refractivity contribution in [2.45, 2.75) is 47.3 Å². The van der Waals surface area contributed by atoms with E-state index in [2.05, 4.69) is 38.0 Å². The molecule has 1 atom stereocenters. The van der Waals surface area contributed by atoms with E-state index in [1.165, 1.54) is 0 Å². The number of aromatic nitrogens is 1. The summed E-state index contributed by atoms with van der Waals surface area (Å²) in [6.07, 6.45) is 1.93. The van der Waals surface area contributed by atoms with Crippen LogP contribution in [0.2, 0.25) is 5.02 Å². The zero-order valence-corrected chi connectivity index (χ0v) is 13.3. The van der Waals surface area contributed by atoms with Gasteiger partial charge >= 0.3 is 0 Å². The monoisotopic (exact) mass is 284 g/mol. The maximum Gasteiger partial charge on any atom is 0.232 e. The molecule has 1 aromatic rings. The SMILES string of the molecule is CC(C)CNCc1cnc(OC(C)C(C)C)c(Cl)c1. The summed E-state index contributed by atoms with van der Waals surface area (Å²) in [5, 5.41) is 3.95. The van der Waals surface area contributed by atoms with Gasteiger partial charge < -0.3 is 10.1 Å². The van der Waals surface area contributed by atoms with Crippen LogP contribution in [-0.2, 0) is 6.54 Å². The number of rotatable bonds is 7. The van der Waals surface area contributed by atoms with Crippen LogP contribution in [0.1, 0.15) is 40.2 Å². The van der Waals surface area contributed by atoms with E-state index in [1.54, 1.807) is 0 Å². The van der Waals surface area contributed by atoms with E-state index < -0.39 is 0 Å². The molecular formula is C15H25ClN2O. The Labute approximate surface area is 121 Å². The van der Waals surface area contributed by atoms with Gasteiger partial charge in [0.05, 0.1) is 6.10 Å². The molecule has 1 rings (SSSR count). The smallest absolute Gasteiger partial charge is 0.232 e. The maximum atomic E-state index is 6.20. The molecule has 1 heterocycles. The first-order chi connectivity index (χ1) is 8.90. The number of hydrogen-bond acceptors (Lipinski definition) is 3. The molecule has 0 aromatic carbocycles. The van der Waals surface area contributed by atoms with Gasteiger partial charge in [-0.3, -0.25) is 0 Å². The molecule has 108 valence electrons. The molecule has 4 heteroatoms. The minimum absolute atomic E-state index is 0.106. The lowest BCUT2D eigenvalue weighted by atomic mass is 10.1. The average Bonchev–Trinajstić information content (AvgIpc) is 2.31. The van der Waals surface area contributed by atoms with Gasteiger partial charge in [0.1, 0.15) is 5.02 Å². The molecule has 19 heavy (non-hydrogen) atoms. The highest BCUT2D eigenvalue weighted by Crippen LogP contribution is 2.24. The Morgan fingerprint density at radius 1 is 1.26 bits per heavy atom. The largest absolute Gasteiger partial charge is 0.473 e. The Kier molecular flexibility index (Phi) is 6.59. The van der Waals surface area contributed by atoms with Crippen molar-refractivity contribution in [3.8, 4) is 5.88 Å². The lowest BCUT2D eigenvalue weighted by molar-refractivity contribution is 0.163. The fourth-order valence-corrected chi connectivity index (χ4v) is 1.70. The van der Waals surface area contributed by atoms with Crippen LogP contribution in [0, 0.1) is 11.8 Å². The second kappa shape index (κ2) is 7.71. The molecule has 0 aliphatic carbocycles. The standard InChI is InChI=1S/C15H25ClN2O/c1-10(2)7-17-8-13-6-14(16)15(18-9-13)19-12(5)11(3)4/h6,9-12,17H,7-8H2,1-5H3. The molecule has 0 bridgehead atoms. The lowest BCUT2D eigenvalue weighted by Crippen LogP contribution is -2.20. The molecule has 0 saturated carbocycles. The Morgan fingerprint density at radius 3 is 2.47 bits per heavy atom. The second-order valence-electron chi connectivity index (χ2n) is 5.72. The van der Waals surface area contributed by atoms with Gasteiger partial charge in [0.2, 0.25) is 5.88 Å². The first-order valence-corrected chi connectivity index (χ1v) is 7.29. The van der Waals surface area contributed by atoms with E-state index in [1.807, 2.05) is 19.2 Å². The van der Waals surface area contributed by atoms with Gasteiger partial charge in [-0.25, -0.2) is 4.98 Å². The van der Waals surface area contributed by atoms with E-state index >= 15 is 0 Å². The van der Waals surface area contributed by atoms with Crippen molar-refractivity contribution >= 4 is 11.6 Å². The van der Waals surface area contributed by atoms with E-state index in [4.69, 9.17) is 16.3 Å². The average molecular weight is 285 g/mol. The third kappa shape index (κ3) is 5.79. The molecule has 0 spiro atoms. The van der Waals surface area contributed by atoms with Crippen molar-refractivity contribution in [1.82, 2.24) is 10.3 Å². The summed E-state index contributed by atoms with van der Waals surface area (Å²) in [5.41, 5.74) is 1.08. The van der Waals surface area contributed by atoms with Crippen LogP contribution in [0.4, 0.5) is 0 Å². The minimum atomic E-state index is 0.106. The molecule has 0 amide bonds. The van der Waals surface area contributed by atoms with E-state index in [0.29, 0.717) is 22.7 Å². The predicted molar refractivity (Wildman–Crippen MR) is 80.7 cm³/mol. The fraction of sp³-hybridized carbons (Fsp3) is 0.667. The predicted octanol–water partition coefficient (Wildman–Crippen LogP) is 3.90. The molecule has 0 fully saturated rings. The molecule has 1 unspecified atom stereocenters. The summed E-state index contributed by atoms with van der Waals surface area (Å²) in [6.45, 7) is 12.4. The van der Waals surface area contributed by atoms with Crippen LogP contribution in [-0.4, -0.2) is 17.6 Å². The van der Waals surface area contributed by atoms with Gasteiger partial charge in [-0.2, -0.15) is 0 Å². The number of halogens is 1. The molecule has 0 aliphatic rings. The van der Waals surface area contributed by atoms with Crippen LogP contribution < -0.4 is 10.1 Å². The van der Waals surface area contributed by atoms with Crippen molar-refractivity contribution < 1.29 is 4.74 Å². The van der Waals surface area contributed by atoms with Crippen molar-refractivity contribution in [3.05, 3.63) is 22.8 Å². The Morgan fingerprint density at radius 2 is 1.95 bits per heavy atom. The van der Waals surface area contributed by atoms with E-state index in [-0.39, 0.29) is 6.10 Å². The Balaban J connectivity index is 2.59. The number of ether oxygens (including phenoxy) is 1. The minimum Gasteiger partial charge on any atom is -0.473 e. The molecule has 1 N–H and O–H groups in total. The number of nitrogens with one attached hydrogen (secondary N) is 1. The van der Waals surface area contributed by atoms with Crippen LogP contribution in [0.15, 0.2) is 12.3 Å². The molecule has 0 radical (unpaired) electrons. The van der Waals surface area contributed by atoms with Crippen molar-refractivity contribution in [3.63, 3.8) is 0 Å². The zero-order chi connectivity index (χ0) is 14.4. The summed E-state index contributed by atoms with van der Waals surface area (Å²) in [4.78, 5) is 4.30. The quantitative estimate of drug-likeness (QED) is 0.824. The Bertz CT molecular complexity index is 394. The van der Waals surface area contributed by atoms with Gasteiger partial charge in [0.25, 0.3) is 0 Å². The van der Waals surface area contributed by atoms with Crippen molar-refractivity contribution in [1.29, 1.82) is 0 Å². The zero-order valence-electron chi connectivity index (χ0n) is 12.5. The van der Waals surface area contributed by atoms with Crippen LogP contribution in [0.5, 0.6) is 5.88 Å². The van der Waals surface area contributed by atoms with Gasteiger partial charge in [-0.05, 0) is 36.9 Å². The highest BCUT2D eigenvalue weighted by atomic mass is 35.5. The van der Waals surface area contributed by atoms with Crippen LogP contribution >= 0.6 is 11.6 Å².